The van der Waals surface area contributed by atoms with Gasteiger partial charge in [0.2, 0.25) is 0 Å². The number of carbonyl (C=O) groups is 2. The monoisotopic (exact) mass is 431 g/mol. The number of benzene rings is 3. The lowest BCUT2D eigenvalue weighted by Gasteiger charge is -2.19. The molecule has 0 unspecified atom stereocenters. The number of fused-ring (bicyclic) bond motifs is 3. The second-order valence-corrected chi connectivity index (χ2v) is 7.82. The highest BCUT2D eigenvalue weighted by Gasteiger charge is 2.29. The number of nitrogens with one attached hydrogen (secondary N) is 1. The number of carboxylic acid groups (broad SMARTS) is 1. The van der Waals surface area contributed by atoms with Gasteiger partial charge < -0.3 is 19.9 Å². The summed E-state index contributed by atoms with van der Waals surface area (Å²) in [6.45, 7) is 0.183. The number of rotatable bonds is 8. The predicted octanol–water partition coefficient (Wildman–Crippen LogP) is 4.62. The molecule has 1 aliphatic rings. The predicted molar refractivity (Wildman–Crippen MR) is 121 cm³/mol. The van der Waals surface area contributed by atoms with Gasteiger partial charge >= 0.3 is 12.1 Å². The first kappa shape index (κ1) is 21.4. The molecule has 0 saturated carbocycles. The minimum atomic E-state index is -0.984. The fourth-order valence-electron chi connectivity index (χ4n) is 4.24. The minimum Gasteiger partial charge on any atom is -0.497 e. The van der Waals surface area contributed by atoms with Gasteiger partial charge in [0.25, 0.3) is 0 Å². The summed E-state index contributed by atoms with van der Waals surface area (Å²) in [6, 6.07) is 23.0. The average Bonchev–Trinajstić information content (AvgIpc) is 3.11. The van der Waals surface area contributed by atoms with Gasteiger partial charge in [-0.05, 0) is 46.4 Å². The highest BCUT2D eigenvalue weighted by Crippen LogP contribution is 2.44. The molecule has 0 bridgehead atoms. The van der Waals surface area contributed by atoms with Gasteiger partial charge in [-0.1, -0.05) is 60.7 Å². The first-order chi connectivity index (χ1) is 15.5. The molecule has 0 heterocycles. The van der Waals surface area contributed by atoms with E-state index < -0.39 is 18.1 Å². The van der Waals surface area contributed by atoms with Gasteiger partial charge in [-0.15, -0.1) is 0 Å². The first-order valence-corrected chi connectivity index (χ1v) is 10.5. The number of amides is 1. The van der Waals surface area contributed by atoms with Crippen molar-refractivity contribution in [3.8, 4) is 16.9 Å². The third kappa shape index (κ3) is 4.75. The molecule has 0 aliphatic heterocycles. The molecule has 32 heavy (non-hydrogen) atoms. The lowest BCUT2D eigenvalue weighted by Crippen LogP contribution is -2.39. The molecule has 0 spiro atoms. The Morgan fingerprint density at radius 2 is 1.53 bits per heavy atom. The maximum absolute atomic E-state index is 12.6. The molecular weight excluding hydrogens is 406 g/mol. The first-order valence-electron chi connectivity index (χ1n) is 10.5. The van der Waals surface area contributed by atoms with E-state index in [9.17, 15) is 14.7 Å². The number of methoxy groups -OCH3 is 1. The maximum Gasteiger partial charge on any atom is 0.407 e. The van der Waals surface area contributed by atoms with Crippen LogP contribution in [0.4, 0.5) is 4.79 Å². The molecule has 0 aromatic heterocycles. The second kappa shape index (κ2) is 9.56. The third-order valence-corrected chi connectivity index (χ3v) is 5.73. The van der Waals surface area contributed by atoms with E-state index in [0.29, 0.717) is 12.2 Å². The molecule has 1 amide bonds. The molecule has 3 aromatic rings. The van der Waals surface area contributed by atoms with E-state index in [4.69, 9.17) is 9.47 Å². The van der Waals surface area contributed by atoms with Crippen LogP contribution in [0.3, 0.4) is 0 Å². The zero-order valence-corrected chi connectivity index (χ0v) is 17.8. The SMILES string of the molecule is COc1ccc(C[C@@H](CC(=O)O)NC(=O)OCC2c3ccccc3-c3ccccc32)cc1. The number of hydrogen-bond acceptors (Lipinski definition) is 4. The van der Waals surface area contributed by atoms with Gasteiger partial charge in [-0.25, -0.2) is 4.79 Å². The molecule has 0 radical (unpaired) electrons. The number of carbonyl (C=O) groups excluding carboxylic acids is 1. The fraction of sp³-hybridized carbons (Fsp3) is 0.231. The zero-order valence-electron chi connectivity index (χ0n) is 17.8. The molecule has 0 saturated heterocycles. The topological polar surface area (TPSA) is 84.9 Å². The van der Waals surface area contributed by atoms with Gasteiger partial charge in [-0.3, -0.25) is 4.79 Å². The Hall–Kier alpha value is -3.80. The van der Waals surface area contributed by atoms with Crippen LogP contribution >= 0.6 is 0 Å². The number of carboxylic acids is 1. The summed E-state index contributed by atoms with van der Waals surface area (Å²) < 4.78 is 10.7. The van der Waals surface area contributed by atoms with Crippen molar-refractivity contribution in [2.45, 2.75) is 24.8 Å². The Morgan fingerprint density at radius 1 is 0.938 bits per heavy atom. The molecule has 1 atom stereocenters. The van der Waals surface area contributed by atoms with Gasteiger partial charge in [0.15, 0.2) is 0 Å². The Bertz CT molecular complexity index is 1060. The van der Waals surface area contributed by atoms with Gasteiger partial charge in [0.1, 0.15) is 12.4 Å². The number of hydrogen-bond donors (Lipinski definition) is 2. The molecule has 6 heteroatoms. The van der Waals surface area contributed by atoms with Crippen LogP contribution in [-0.4, -0.2) is 36.9 Å². The summed E-state index contributed by atoms with van der Waals surface area (Å²) in [7, 11) is 1.58. The summed E-state index contributed by atoms with van der Waals surface area (Å²) in [5, 5.41) is 12.0. The number of aliphatic carboxylic acids is 1. The van der Waals surface area contributed by atoms with Crippen molar-refractivity contribution in [2.75, 3.05) is 13.7 Å². The summed E-state index contributed by atoms with van der Waals surface area (Å²) in [5.74, 6) is -0.317. The molecule has 4 rings (SSSR count). The Balaban J connectivity index is 1.41. The molecule has 2 N–H and O–H groups in total. The normalized spacial score (nSPS) is 13.0. The van der Waals surface area contributed by atoms with E-state index >= 15 is 0 Å². The quantitative estimate of drug-likeness (QED) is 0.544. The second-order valence-electron chi connectivity index (χ2n) is 7.82. The Morgan fingerprint density at radius 3 is 2.09 bits per heavy atom. The van der Waals surface area contributed by atoms with Crippen LogP contribution in [0.2, 0.25) is 0 Å². The summed E-state index contributed by atoms with van der Waals surface area (Å²) in [6.07, 6.45) is -0.442. The summed E-state index contributed by atoms with van der Waals surface area (Å²) in [5.41, 5.74) is 5.46. The number of ether oxygens (including phenoxy) is 2. The Labute approximate surface area is 186 Å². The summed E-state index contributed by atoms with van der Waals surface area (Å²) >= 11 is 0. The minimum absolute atomic E-state index is 0.0485. The maximum atomic E-state index is 12.6. The van der Waals surface area contributed by atoms with E-state index in [1.807, 2.05) is 36.4 Å². The van der Waals surface area contributed by atoms with Crippen molar-refractivity contribution in [1.82, 2.24) is 5.32 Å². The van der Waals surface area contributed by atoms with Crippen molar-refractivity contribution in [1.29, 1.82) is 0 Å². The van der Waals surface area contributed by atoms with Crippen LogP contribution in [0.5, 0.6) is 5.75 Å². The van der Waals surface area contributed by atoms with Gasteiger partial charge in [0, 0.05) is 12.0 Å². The van der Waals surface area contributed by atoms with Crippen molar-refractivity contribution in [2.24, 2.45) is 0 Å². The van der Waals surface area contributed by atoms with Crippen LogP contribution < -0.4 is 10.1 Å². The average molecular weight is 431 g/mol. The summed E-state index contributed by atoms with van der Waals surface area (Å²) in [4.78, 5) is 23.9. The zero-order chi connectivity index (χ0) is 22.5. The highest BCUT2D eigenvalue weighted by atomic mass is 16.5. The van der Waals surface area contributed by atoms with E-state index in [-0.39, 0.29) is 18.9 Å². The van der Waals surface area contributed by atoms with E-state index in [0.717, 1.165) is 27.8 Å². The van der Waals surface area contributed by atoms with Crippen molar-refractivity contribution in [3.05, 3.63) is 89.5 Å². The van der Waals surface area contributed by atoms with E-state index in [2.05, 4.69) is 29.6 Å². The van der Waals surface area contributed by atoms with Gasteiger partial charge in [-0.2, -0.15) is 0 Å². The van der Waals surface area contributed by atoms with Crippen molar-refractivity contribution in [3.63, 3.8) is 0 Å². The Kier molecular flexibility index (Phi) is 6.40. The van der Waals surface area contributed by atoms with Gasteiger partial charge in [0.05, 0.1) is 13.5 Å². The van der Waals surface area contributed by atoms with Crippen molar-refractivity contribution >= 4 is 12.1 Å². The molecule has 1 aliphatic carbocycles. The number of alkyl carbamates (subject to hydrolysis) is 1. The van der Waals surface area contributed by atoms with E-state index in [1.54, 1.807) is 19.2 Å². The fourth-order valence-corrected chi connectivity index (χ4v) is 4.24. The highest BCUT2D eigenvalue weighted by molar-refractivity contribution is 5.79. The van der Waals surface area contributed by atoms with Crippen LogP contribution in [0.1, 0.15) is 29.0 Å². The largest absolute Gasteiger partial charge is 0.497 e. The smallest absolute Gasteiger partial charge is 0.407 e. The van der Waals surface area contributed by atoms with Crippen LogP contribution in [0.15, 0.2) is 72.8 Å². The molecule has 6 nitrogen and oxygen atoms in total. The molecule has 3 aromatic carbocycles. The standard InChI is InChI=1S/C26H25NO5/c1-31-19-12-10-17(11-13-19)14-18(15-25(28)29)27-26(30)32-16-24-22-8-4-2-6-20(22)21-7-3-5-9-23(21)24/h2-13,18,24H,14-16H2,1H3,(H,27,30)(H,28,29)/t18-/m0/s1. The van der Waals surface area contributed by atoms with Crippen LogP contribution in [0.25, 0.3) is 11.1 Å². The molecular formula is C26H25NO5. The molecule has 0 fully saturated rings. The third-order valence-electron chi connectivity index (χ3n) is 5.73. The van der Waals surface area contributed by atoms with Crippen LogP contribution in [-0.2, 0) is 16.0 Å². The lowest BCUT2D eigenvalue weighted by molar-refractivity contribution is -0.137. The van der Waals surface area contributed by atoms with Crippen LogP contribution in [0, 0.1) is 0 Å². The lowest BCUT2D eigenvalue weighted by atomic mass is 9.98. The van der Waals surface area contributed by atoms with Crippen molar-refractivity contribution < 1.29 is 24.2 Å². The van der Waals surface area contributed by atoms with E-state index in [1.165, 1.54) is 0 Å². The molecule has 164 valence electrons.